The first kappa shape index (κ1) is 15.3. The molecule has 4 heteroatoms. The lowest BCUT2D eigenvalue weighted by molar-refractivity contribution is -0.139. The van der Waals surface area contributed by atoms with Crippen LogP contribution in [0.3, 0.4) is 0 Å². The molecule has 0 aromatic heterocycles. The first-order valence-corrected chi connectivity index (χ1v) is 8.22. The van der Waals surface area contributed by atoms with Gasteiger partial charge in [0.25, 0.3) is 5.91 Å². The Bertz CT molecular complexity index is 517. The number of piperidine rings is 1. The van der Waals surface area contributed by atoms with Gasteiger partial charge in [-0.25, -0.2) is 0 Å². The largest absolute Gasteiger partial charge is 0.484 e. The maximum Gasteiger partial charge on any atom is 0.260 e. The fraction of sp³-hybridized carbons (Fsp3) is 0.611. The molecule has 120 valence electrons. The molecule has 2 saturated heterocycles. The standard InChI is InChI=1S/C18H25NO3/c1-15-4-2-5-16(12-15)22-13-17(20)19-9-3-6-18(14-19)7-10-21-11-8-18/h2,4-5,12H,3,6-11,13-14H2,1H3. The number of carbonyl (C=O) groups excluding carboxylic acids is 1. The zero-order valence-corrected chi connectivity index (χ0v) is 13.3. The summed E-state index contributed by atoms with van der Waals surface area (Å²) in [5, 5.41) is 0. The summed E-state index contributed by atoms with van der Waals surface area (Å²) in [6.07, 6.45) is 4.47. The fourth-order valence-corrected chi connectivity index (χ4v) is 3.57. The third kappa shape index (κ3) is 3.61. The lowest BCUT2D eigenvalue weighted by Crippen LogP contribution is -2.49. The molecular weight excluding hydrogens is 278 g/mol. The van der Waals surface area contributed by atoms with Crippen molar-refractivity contribution in [2.75, 3.05) is 32.9 Å². The molecule has 3 rings (SSSR count). The molecule has 0 atom stereocenters. The number of ether oxygens (including phenoxy) is 2. The predicted octanol–water partition coefficient (Wildman–Crippen LogP) is 2.79. The van der Waals surface area contributed by atoms with Gasteiger partial charge in [-0.2, -0.15) is 0 Å². The first-order chi connectivity index (χ1) is 10.7. The predicted molar refractivity (Wildman–Crippen MR) is 85.0 cm³/mol. The molecule has 0 N–H and O–H groups in total. The van der Waals surface area contributed by atoms with Gasteiger partial charge in [0.05, 0.1) is 0 Å². The summed E-state index contributed by atoms with van der Waals surface area (Å²) in [6.45, 7) is 5.55. The minimum absolute atomic E-state index is 0.104. The van der Waals surface area contributed by atoms with E-state index in [-0.39, 0.29) is 17.9 Å². The van der Waals surface area contributed by atoms with Gasteiger partial charge in [-0.3, -0.25) is 4.79 Å². The third-order valence-electron chi connectivity index (χ3n) is 4.92. The van der Waals surface area contributed by atoms with Crippen molar-refractivity contribution in [3.63, 3.8) is 0 Å². The topological polar surface area (TPSA) is 38.8 Å². The molecule has 0 saturated carbocycles. The molecule has 1 spiro atoms. The van der Waals surface area contributed by atoms with E-state index in [4.69, 9.17) is 9.47 Å². The Balaban J connectivity index is 1.55. The van der Waals surface area contributed by atoms with E-state index >= 15 is 0 Å². The molecule has 4 nitrogen and oxygen atoms in total. The average molecular weight is 303 g/mol. The molecule has 0 radical (unpaired) electrons. The van der Waals surface area contributed by atoms with Crippen LogP contribution in [0, 0.1) is 12.3 Å². The number of aryl methyl sites for hydroxylation is 1. The van der Waals surface area contributed by atoms with Gasteiger partial charge in [-0.1, -0.05) is 12.1 Å². The first-order valence-electron chi connectivity index (χ1n) is 8.22. The molecule has 1 amide bonds. The quantitative estimate of drug-likeness (QED) is 0.862. The van der Waals surface area contributed by atoms with Crippen LogP contribution in [0.25, 0.3) is 0 Å². The Kier molecular flexibility index (Phi) is 4.67. The van der Waals surface area contributed by atoms with E-state index in [1.807, 2.05) is 36.1 Å². The van der Waals surface area contributed by atoms with Crippen LogP contribution in [-0.4, -0.2) is 43.7 Å². The van der Waals surface area contributed by atoms with Crippen LogP contribution in [0.15, 0.2) is 24.3 Å². The molecule has 2 heterocycles. The summed E-state index contributed by atoms with van der Waals surface area (Å²) in [6, 6.07) is 7.83. The van der Waals surface area contributed by atoms with E-state index in [1.54, 1.807) is 0 Å². The van der Waals surface area contributed by atoms with Gasteiger partial charge < -0.3 is 14.4 Å². The number of hydrogen-bond donors (Lipinski definition) is 0. The number of amides is 1. The number of likely N-dealkylation sites (tertiary alicyclic amines) is 1. The highest BCUT2D eigenvalue weighted by molar-refractivity contribution is 5.78. The molecule has 2 aliphatic rings. The molecule has 2 aliphatic heterocycles. The van der Waals surface area contributed by atoms with Gasteiger partial charge in [0, 0.05) is 26.3 Å². The Hall–Kier alpha value is -1.55. The summed E-state index contributed by atoms with van der Waals surface area (Å²) < 4.78 is 11.1. The van der Waals surface area contributed by atoms with E-state index in [0.29, 0.717) is 0 Å². The van der Waals surface area contributed by atoms with Crippen molar-refractivity contribution in [3.05, 3.63) is 29.8 Å². The maximum absolute atomic E-state index is 12.5. The number of hydrogen-bond acceptors (Lipinski definition) is 3. The van der Waals surface area contributed by atoms with E-state index in [2.05, 4.69) is 0 Å². The number of nitrogens with zero attached hydrogens (tertiary/aromatic N) is 1. The lowest BCUT2D eigenvalue weighted by atomic mass is 9.74. The Labute approximate surface area is 132 Å². The minimum atomic E-state index is 0.104. The van der Waals surface area contributed by atoms with Crippen molar-refractivity contribution >= 4 is 5.91 Å². The highest BCUT2D eigenvalue weighted by Gasteiger charge is 2.38. The van der Waals surface area contributed by atoms with Gasteiger partial charge in [0.1, 0.15) is 5.75 Å². The van der Waals surface area contributed by atoms with Crippen molar-refractivity contribution in [1.82, 2.24) is 4.90 Å². The number of rotatable bonds is 3. The molecule has 22 heavy (non-hydrogen) atoms. The lowest BCUT2D eigenvalue weighted by Gasteiger charge is -2.45. The molecule has 0 bridgehead atoms. The molecule has 0 unspecified atom stereocenters. The molecule has 1 aromatic rings. The van der Waals surface area contributed by atoms with Crippen LogP contribution in [0.2, 0.25) is 0 Å². The van der Waals surface area contributed by atoms with E-state index in [0.717, 1.165) is 56.9 Å². The van der Waals surface area contributed by atoms with Gasteiger partial charge in [-0.15, -0.1) is 0 Å². The fourth-order valence-electron chi connectivity index (χ4n) is 3.57. The Morgan fingerprint density at radius 1 is 1.32 bits per heavy atom. The van der Waals surface area contributed by atoms with Crippen LogP contribution >= 0.6 is 0 Å². The Morgan fingerprint density at radius 3 is 2.91 bits per heavy atom. The third-order valence-corrected chi connectivity index (χ3v) is 4.92. The highest BCUT2D eigenvalue weighted by atomic mass is 16.5. The van der Waals surface area contributed by atoms with Crippen LogP contribution in [0.5, 0.6) is 5.75 Å². The van der Waals surface area contributed by atoms with Crippen molar-refractivity contribution in [2.45, 2.75) is 32.6 Å². The molecule has 0 aliphatic carbocycles. The smallest absolute Gasteiger partial charge is 0.260 e. The second-order valence-corrected chi connectivity index (χ2v) is 6.64. The second-order valence-electron chi connectivity index (χ2n) is 6.64. The van der Waals surface area contributed by atoms with Gasteiger partial charge in [0.2, 0.25) is 0 Å². The van der Waals surface area contributed by atoms with Crippen molar-refractivity contribution in [1.29, 1.82) is 0 Å². The second kappa shape index (κ2) is 6.69. The minimum Gasteiger partial charge on any atom is -0.484 e. The number of carbonyl (C=O) groups is 1. The zero-order chi connectivity index (χ0) is 15.4. The average Bonchev–Trinajstić information content (AvgIpc) is 2.53. The monoisotopic (exact) mass is 303 g/mol. The van der Waals surface area contributed by atoms with Gasteiger partial charge in [0.15, 0.2) is 6.61 Å². The molecular formula is C18H25NO3. The summed E-state index contributed by atoms with van der Waals surface area (Å²) in [4.78, 5) is 14.4. The van der Waals surface area contributed by atoms with Gasteiger partial charge in [-0.05, 0) is 55.7 Å². The summed E-state index contributed by atoms with van der Waals surface area (Å²) in [5.41, 5.74) is 1.43. The van der Waals surface area contributed by atoms with E-state index in [1.165, 1.54) is 6.42 Å². The van der Waals surface area contributed by atoms with E-state index < -0.39 is 0 Å². The zero-order valence-electron chi connectivity index (χ0n) is 13.3. The summed E-state index contributed by atoms with van der Waals surface area (Å²) >= 11 is 0. The van der Waals surface area contributed by atoms with E-state index in [9.17, 15) is 4.79 Å². The van der Waals surface area contributed by atoms with Crippen molar-refractivity contribution in [2.24, 2.45) is 5.41 Å². The SMILES string of the molecule is Cc1cccc(OCC(=O)N2CCCC3(CCOCC3)C2)c1. The van der Waals surface area contributed by atoms with Crippen LogP contribution < -0.4 is 4.74 Å². The summed E-state index contributed by atoms with van der Waals surface area (Å²) in [5.74, 6) is 0.873. The van der Waals surface area contributed by atoms with Crippen LogP contribution in [0.1, 0.15) is 31.2 Å². The van der Waals surface area contributed by atoms with Crippen LogP contribution in [0.4, 0.5) is 0 Å². The van der Waals surface area contributed by atoms with Gasteiger partial charge >= 0.3 is 0 Å². The van der Waals surface area contributed by atoms with Crippen LogP contribution in [-0.2, 0) is 9.53 Å². The van der Waals surface area contributed by atoms with Crippen molar-refractivity contribution < 1.29 is 14.3 Å². The summed E-state index contributed by atoms with van der Waals surface area (Å²) in [7, 11) is 0. The highest BCUT2D eigenvalue weighted by Crippen LogP contribution is 2.39. The molecule has 1 aromatic carbocycles. The normalized spacial score (nSPS) is 20.9. The number of benzene rings is 1. The Morgan fingerprint density at radius 2 is 2.14 bits per heavy atom. The van der Waals surface area contributed by atoms with Crippen molar-refractivity contribution in [3.8, 4) is 5.75 Å². The maximum atomic E-state index is 12.5. The molecule has 2 fully saturated rings.